The van der Waals surface area contributed by atoms with Crippen LogP contribution in [0.25, 0.3) is 0 Å². The highest BCUT2D eigenvalue weighted by Gasteiger charge is 2.28. The Morgan fingerprint density at radius 3 is 2.44 bits per heavy atom. The summed E-state index contributed by atoms with van der Waals surface area (Å²) in [6.07, 6.45) is 0. The smallest absolute Gasteiger partial charge is 0.269 e. The molecule has 0 aromatic heterocycles. The second-order valence-electron chi connectivity index (χ2n) is 5.88. The zero-order valence-electron chi connectivity index (χ0n) is 14.5. The summed E-state index contributed by atoms with van der Waals surface area (Å²) >= 11 is 7.81. The van der Waals surface area contributed by atoms with Crippen molar-refractivity contribution >= 4 is 40.6 Å². The van der Waals surface area contributed by atoms with Crippen LogP contribution >= 0.6 is 23.4 Å². The van der Waals surface area contributed by atoms with E-state index in [-0.39, 0.29) is 12.5 Å². The lowest BCUT2D eigenvalue weighted by Crippen LogP contribution is -2.32. The van der Waals surface area contributed by atoms with Crippen molar-refractivity contribution in [2.24, 2.45) is 0 Å². The van der Waals surface area contributed by atoms with E-state index in [2.05, 4.69) is 0 Å². The Balaban J connectivity index is 1.61. The fraction of sp³-hybridized carbons (Fsp3) is 0.0952. The molecule has 4 nitrogen and oxygen atoms in total. The van der Waals surface area contributed by atoms with E-state index in [1.165, 1.54) is 0 Å². The molecule has 0 bridgehead atoms. The van der Waals surface area contributed by atoms with E-state index >= 15 is 0 Å². The summed E-state index contributed by atoms with van der Waals surface area (Å²) in [5.41, 5.74) is 1.61. The Hall–Kier alpha value is -2.63. The van der Waals surface area contributed by atoms with Crippen molar-refractivity contribution in [2.45, 2.75) is 9.79 Å². The molecule has 1 amide bonds. The minimum Gasteiger partial charge on any atom is -0.497 e. The van der Waals surface area contributed by atoms with Gasteiger partial charge in [0.1, 0.15) is 11.5 Å². The molecule has 0 fully saturated rings. The van der Waals surface area contributed by atoms with Crippen LogP contribution in [0.4, 0.5) is 11.4 Å². The molecular formula is C21H16ClNO3S. The fourth-order valence-electron chi connectivity index (χ4n) is 2.88. The zero-order chi connectivity index (χ0) is 18.8. The Kier molecular flexibility index (Phi) is 4.97. The van der Waals surface area contributed by atoms with E-state index < -0.39 is 0 Å². The van der Waals surface area contributed by atoms with Crippen molar-refractivity contribution in [1.82, 2.24) is 0 Å². The van der Waals surface area contributed by atoms with Crippen LogP contribution in [0, 0.1) is 0 Å². The first-order valence-corrected chi connectivity index (χ1v) is 9.51. The van der Waals surface area contributed by atoms with E-state index in [4.69, 9.17) is 21.1 Å². The van der Waals surface area contributed by atoms with Gasteiger partial charge in [-0.3, -0.25) is 9.69 Å². The molecule has 0 saturated carbocycles. The lowest BCUT2D eigenvalue weighted by atomic mass is 10.2. The highest BCUT2D eigenvalue weighted by Crippen LogP contribution is 2.48. The van der Waals surface area contributed by atoms with Crippen molar-refractivity contribution in [2.75, 3.05) is 18.6 Å². The molecule has 0 radical (unpaired) electrons. The topological polar surface area (TPSA) is 38.8 Å². The van der Waals surface area contributed by atoms with Gasteiger partial charge in [-0.2, -0.15) is 0 Å². The number of nitrogens with zero attached hydrogens (tertiary/aromatic N) is 1. The number of methoxy groups -OCH3 is 1. The molecule has 0 saturated heterocycles. The Morgan fingerprint density at radius 2 is 1.67 bits per heavy atom. The van der Waals surface area contributed by atoms with E-state index in [0.717, 1.165) is 26.9 Å². The molecule has 3 aromatic carbocycles. The summed E-state index contributed by atoms with van der Waals surface area (Å²) < 4.78 is 10.8. The third kappa shape index (κ3) is 3.61. The van der Waals surface area contributed by atoms with Gasteiger partial charge in [-0.05, 0) is 54.6 Å². The second kappa shape index (κ2) is 7.55. The molecular weight excluding hydrogens is 382 g/mol. The molecule has 0 N–H and O–H groups in total. The third-order valence-corrected chi connectivity index (χ3v) is 5.52. The van der Waals surface area contributed by atoms with E-state index in [9.17, 15) is 4.79 Å². The molecule has 6 heteroatoms. The number of amides is 1. The number of benzene rings is 3. The van der Waals surface area contributed by atoms with Crippen molar-refractivity contribution in [3.05, 3.63) is 71.8 Å². The van der Waals surface area contributed by atoms with Crippen LogP contribution in [0.2, 0.25) is 5.02 Å². The maximum Gasteiger partial charge on any atom is 0.269 e. The van der Waals surface area contributed by atoms with Crippen LogP contribution in [0.3, 0.4) is 0 Å². The minimum atomic E-state index is -0.165. The standard InChI is InChI=1S/C21H16ClNO3S/c1-25-15-7-9-16(10-8-15)26-13-21(24)23-17-4-2-3-5-19(17)27-20-11-6-14(22)12-18(20)23/h2-12H,13H2,1H3. The molecule has 3 aromatic rings. The first-order chi connectivity index (χ1) is 13.2. The maximum atomic E-state index is 13.1. The lowest BCUT2D eigenvalue weighted by Gasteiger charge is -2.31. The first kappa shape index (κ1) is 17.8. The summed E-state index contributed by atoms with van der Waals surface area (Å²) in [5, 5.41) is 0.586. The largest absolute Gasteiger partial charge is 0.497 e. The SMILES string of the molecule is COc1ccc(OCC(=O)N2c3ccccc3Sc3ccc(Cl)cc32)cc1. The highest BCUT2D eigenvalue weighted by molar-refractivity contribution is 7.99. The molecule has 0 atom stereocenters. The van der Waals surface area contributed by atoms with Crippen LogP contribution in [0.15, 0.2) is 76.5 Å². The molecule has 0 unspecified atom stereocenters. The Morgan fingerprint density at radius 1 is 0.963 bits per heavy atom. The number of hydrogen-bond acceptors (Lipinski definition) is 4. The fourth-order valence-corrected chi connectivity index (χ4v) is 4.08. The number of para-hydroxylation sites is 1. The summed E-state index contributed by atoms with van der Waals surface area (Å²) in [4.78, 5) is 16.7. The van der Waals surface area contributed by atoms with Crippen molar-refractivity contribution in [3.63, 3.8) is 0 Å². The normalized spacial score (nSPS) is 12.1. The molecule has 0 spiro atoms. The molecule has 27 heavy (non-hydrogen) atoms. The predicted molar refractivity (Wildman–Crippen MR) is 108 cm³/mol. The van der Waals surface area contributed by atoms with Gasteiger partial charge < -0.3 is 9.47 Å². The van der Waals surface area contributed by atoms with Crippen LogP contribution in [-0.2, 0) is 4.79 Å². The molecule has 1 heterocycles. The van der Waals surface area contributed by atoms with Crippen molar-refractivity contribution in [3.8, 4) is 11.5 Å². The van der Waals surface area contributed by atoms with Crippen LogP contribution in [0.1, 0.15) is 0 Å². The second-order valence-corrected chi connectivity index (χ2v) is 7.40. The molecule has 1 aliphatic rings. The highest BCUT2D eigenvalue weighted by atomic mass is 35.5. The zero-order valence-corrected chi connectivity index (χ0v) is 16.1. The summed E-state index contributed by atoms with van der Waals surface area (Å²) in [5.74, 6) is 1.18. The number of carbonyl (C=O) groups excluding carboxylic acids is 1. The van der Waals surface area contributed by atoms with E-state index in [1.807, 2.05) is 42.5 Å². The number of ether oxygens (including phenoxy) is 2. The predicted octanol–water partition coefficient (Wildman–Crippen LogP) is 5.56. The van der Waals surface area contributed by atoms with E-state index in [1.54, 1.807) is 48.0 Å². The Labute approximate surface area is 166 Å². The first-order valence-electron chi connectivity index (χ1n) is 8.32. The van der Waals surface area contributed by atoms with Gasteiger partial charge >= 0.3 is 0 Å². The van der Waals surface area contributed by atoms with Gasteiger partial charge in [0.2, 0.25) is 0 Å². The summed E-state index contributed by atoms with van der Waals surface area (Å²) in [7, 11) is 1.60. The lowest BCUT2D eigenvalue weighted by molar-refractivity contribution is -0.119. The molecule has 4 rings (SSSR count). The third-order valence-electron chi connectivity index (χ3n) is 4.16. The number of hydrogen-bond donors (Lipinski definition) is 0. The number of fused-ring (bicyclic) bond motifs is 2. The van der Waals surface area contributed by atoms with Gasteiger partial charge in [-0.1, -0.05) is 35.5 Å². The van der Waals surface area contributed by atoms with Gasteiger partial charge in [-0.15, -0.1) is 0 Å². The van der Waals surface area contributed by atoms with Gasteiger partial charge in [0, 0.05) is 14.8 Å². The van der Waals surface area contributed by atoms with Crippen molar-refractivity contribution in [1.29, 1.82) is 0 Å². The van der Waals surface area contributed by atoms with Gasteiger partial charge in [0.15, 0.2) is 6.61 Å². The number of halogens is 1. The molecule has 136 valence electrons. The van der Waals surface area contributed by atoms with Crippen LogP contribution in [-0.4, -0.2) is 19.6 Å². The van der Waals surface area contributed by atoms with Crippen molar-refractivity contribution < 1.29 is 14.3 Å². The monoisotopic (exact) mass is 397 g/mol. The minimum absolute atomic E-state index is 0.0860. The van der Waals surface area contributed by atoms with Gasteiger partial charge in [0.25, 0.3) is 5.91 Å². The molecule has 1 aliphatic heterocycles. The summed E-state index contributed by atoms with van der Waals surface area (Å²) in [6, 6.07) is 20.5. The quantitative estimate of drug-likeness (QED) is 0.578. The number of anilines is 2. The average Bonchev–Trinajstić information content (AvgIpc) is 2.70. The van der Waals surface area contributed by atoms with Gasteiger partial charge in [0.05, 0.1) is 18.5 Å². The van der Waals surface area contributed by atoms with Crippen LogP contribution in [0.5, 0.6) is 11.5 Å². The van der Waals surface area contributed by atoms with E-state index in [0.29, 0.717) is 10.8 Å². The Bertz CT molecular complexity index is 991. The van der Waals surface area contributed by atoms with Gasteiger partial charge in [-0.25, -0.2) is 0 Å². The summed E-state index contributed by atoms with van der Waals surface area (Å²) in [6.45, 7) is -0.0860. The van der Waals surface area contributed by atoms with Crippen LogP contribution < -0.4 is 14.4 Å². The average molecular weight is 398 g/mol. The number of carbonyl (C=O) groups is 1. The molecule has 0 aliphatic carbocycles. The maximum absolute atomic E-state index is 13.1. The number of rotatable bonds is 4.